The van der Waals surface area contributed by atoms with Gasteiger partial charge in [-0.25, -0.2) is 39.9 Å². The molecule has 0 saturated heterocycles. The van der Waals surface area contributed by atoms with Crippen molar-refractivity contribution >= 4 is 132 Å². The molecule has 0 aliphatic carbocycles. The van der Waals surface area contributed by atoms with E-state index in [4.69, 9.17) is 5.26 Å². The van der Waals surface area contributed by atoms with Crippen molar-refractivity contribution in [3.63, 3.8) is 0 Å². The number of alkyl halides is 6. The molecule has 0 fully saturated rings. The lowest BCUT2D eigenvalue weighted by atomic mass is 10.1. The molecule has 9 heterocycles. The van der Waals surface area contributed by atoms with E-state index in [1.54, 1.807) is 106 Å². The third-order valence-corrected chi connectivity index (χ3v) is 16.7. The molecule has 34 heteroatoms. The molecule has 0 aliphatic rings. The van der Waals surface area contributed by atoms with Crippen LogP contribution in [-0.2, 0) is 6.18 Å². The topological polar surface area (TPSA) is 384 Å². The van der Waals surface area contributed by atoms with Gasteiger partial charge in [0.15, 0.2) is 0 Å². The van der Waals surface area contributed by atoms with Crippen molar-refractivity contribution < 1.29 is 50.3 Å². The Morgan fingerprint density at radius 2 is 0.709 bits per heavy atom. The van der Waals surface area contributed by atoms with Crippen molar-refractivity contribution in [2.75, 3.05) is 77.3 Å². The van der Waals surface area contributed by atoms with Crippen molar-refractivity contribution in [3.8, 4) is 6.07 Å². The molecular formula is C83H77F6N23O5. The Kier molecular flexibility index (Phi) is 28.0. The first-order valence-corrected chi connectivity index (χ1v) is 35.6. The van der Waals surface area contributed by atoms with Crippen LogP contribution in [0.3, 0.4) is 0 Å². The summed E-state index contributed by atoms with van der Waals surface area (Å²) < 4.78 is 75.8. The first-order valence-electron chi connectivity index (χ1n) is 35.6. The molecule has 596 valence electrons. The van der Waals surface area contributed by atoms with Crippen molar-refractivity contribution in [3.05, 3.63) is 287 Å². The highest BCUT2D eigenvalue weighted by Crippen LogP contribution is 2.34. The minimum absolute atomic E-state index is 0.0175. The molecular weight excluding hydrogens is 1510 g/mol. The van der Waals surface area contributed by atoms with Crippen LogP contribution in [0.4, 0.5) is 118 Å². The van der Waals surface area contributed by atoms with Crippen LogP contribution < -0.4 is 69.1 Å². The first-order chi connectivity index (χ1) is 56.1. The summed E-state index contributed by atoms with van der Waals surface area (Å²) in [7, 11) is 6.09. The van der Waals surface area contributed by atoms with Gasteiger partial charge in [0.05, 0.1) is 84.7 Å². The number of aromatic amines is 1. The lowest BCUT2D eigenvalue weighted by molar-refractivity contribution is -0.137. The fourth-order valence-corrected chi connectivity index (χ4v) is 10.7. The molecule has 5 amide bonds. The molecule has 0 saturated carbocycles. The summed E-state index contributed by atoms with van der Waals surface area (Å²) in [5.41, 5.74) is 10.3. The molecule has 0 bridgehead atoms. The number of H-pyrrole nitrogens is 1. The predicted octanol–water partition coefficient (Wildman–Crippen LogP) is 16.2. The number of hydrogen-bond donors (Lipinski definition) is 14. The Labute approximate surface area is 666 Å². The van der Waals surface area contributed by atoms with Crippen LogP contribution in [0.1, 0.15) is 85.2 Å². The number of carbonyl (C=O) groups excluding carboxylic acids is 5. The Morgan fingerprint density at radius 1 is 0.359 bits per heavy atom. The summed E-state index contributed by atoms with van der Waals surface area (Å²) in [6, 6.07) is 49.2. The first kappa shape index (κ1) is 83.9. The number of halogens is 6. The smallest absolute Gasteiger partial charge is 0.359 e. The molecule has 4 aromatic carbocycles. The van der Waals surface area contributed by atoms with E-state index in [-0.39, 0.29) is 45.8 Å². The number of nitrogens with one attached hydrogen (secondary N) is 14. The predicted molar refractivity (Wildman–Crippen MR) is 438 cm³/mol. The fourth-order valence-electron chi connectivity index (χ4n) is 10.7. The number of benzene rings is 4. The molecule has 0 atom stereocenters. The number of pyridine rings is 8. The zero-order chi connectivity index (χ0) is 83.8. The van der Waals surface area contributed by atoms with Crippen LogP contribution >= 0.6 is 0 Å². The third kappa shape index (κ3) is 24.0. The van der Waals surface area contributed by atoms with Crippen molar-refractivity contribution in [2.24, 2.45) is 0 Å². The summed E-state index contributed by atoms with van der Waals surface area (Å²) in [6.07, 6.45) is 5.61. The monoisotopic (exact) mass is 1590 g/mol. The average Bonchev–Trinajstić information content (AvgIpc) is 1.86. The Balaban J connectivity index is 0.000000165. The van der Waals surface area contributed by atoms with Crippen LogP contribution in [0.15, 0.2) is 226 Å². The average molecular weight is 1590 g/mol. The number of para-hydroxylation sites is 2. The van der Waals surface area contributed by atoms with Crippen LogP contribution in [0.25, 0.3) is 10.9 Å². The number of nitriles is 1. The lowest BCUT2D eigenvalue weighted by Gasteiger charge is -2.16. The van der Waals surface area contributed by atoms with E-state index in [9.17, 15) is 50.3 Å². The van der Waals surface area contributed by atoms with E-state index in [0.29, 0.717) is 86.0 Å². The van der Waals surface area contributed by atoms with Gasteiger partial charge in [-0.1, -0.05) is 48.5 Å². The number of anilines is 16. The van der Waals surface area contributed by atoms with E-state index in [1.165, 1.54) is 69.1 Å². The molecule has 0 radical (unpaired) electrons. The minimum Gasteiger partial charge on any atom is -0.359 e. The summed E-state index contributed by atoms with van der Waals surface area (Å²) in [5.74, 6) is 2.16. The van der Waals surface area contributed by atoms with Crippen LogP contribution in [-0.4, -0.2) is 115 Å². The highest BCUT2D eigenvalue weighted by molar-refractivity contribution is 6.05. The largest absolute Gasteiger partial charge is 0.416 e. The van der Waals surface area contributed by atoms with E-state index < -0.39 is 36.3 Å². The molecule has 9 aromatic heterocycles. The quantitative estimate of drug-likeness (QED) is 0.0280. The summed E-state index contributed by atoms with van der Waals surface area (Å²) in [4.78, 5) is 98.8. The Bertz CT molecular complexity index is 5680. The van der Waals surface area contributed by atoms with Gasteiger partial charge in [-0.15, -0.1) is 0 Å². The second-order valence-corrected chi connectivity index (χ2v) is 25.5. The van der Waals surface area contributed by atoms with Crippen LogP contribution in [0.5, 0.6) is 0 Å². The molecule has 117 heavy (non-hydrogen) atoms. The maximum absolute atomic E-state index is 12.8. The Morgan fingerprint density at radius 3 is 1.06 bits per heavy atom. The maximum atomic E-state index is 12.8. The molecule has 28 nitrogen and oxygen atoms in total. The van der Waals surface area contributed by atoms with Gasteiger partial charge in [0.1, 0.15) is 53.1 Å². The molecule has 13 aromatic rings. The standard InChI is InChI=1S/C22H21F3N6O2.C21H20N6O.C20H18F3N5O.C20H18N6O/c1-13-7-8-18(27-10-13)31-19-9-17(15(11-28-19)20(32)26-2)30-16-6-4-3-5-14(16)21(33)29-12-22(23,24)25;1-13-6-7-18(24-11-13)27-19-10-17(15(12-25-19)21(28)22-2)26-16-5-3-4-14-8-9-23-20(14)16;1-12-3-8-17(25-10-12)28-18-9-16(15(11-26-18)19(29)24-2)27-14-6-4-13(5-7-14)20(21,22)23;1-13-3-8-18(23-11-13)26-19-9-17(16(12-24-19)20(27)22-2)25-15-6-4-14(10-21)5-7-15/h3-11H,12H2,1-2H3,(H,26,32)(H,29,33)(H2,27,28,30,31);3-12,23H,1-2H3,(H,22,28)(H2,24,25,26,27);3-11H,1-2H3,(H,24,29)(H2,25,26,27,28);3-9,11-12H,1-2H3,(H,22,27)(H2,23,24,25,26). The highest BCUT2D eigenvalue weighted by Gasteiger charge is 2.31. The number of fused-ring (bicyclic) bond motifs is 1. The summed E-state index contributed by atoms with van der Waals surface area (Å²) in [6.45, 7) is 6.30. The summed E-state index contributed by atoms with van der Waals surface area (Å²) >= 11 is 0. The van der Waals surface area contributed by atoms with Crippen molar-refractivity contribution in [1.82, 2.24) is 71.4 Å². The Hall–Kier alpha value is -15.6. The maximum Gasteiger partial charge on any atom is 0.416 e. The van der Waals surface area contributed by atoms with Gasteiger partial charge in [0.25, 0.3) is 29.5 Å². The van der Waals surface area contributed by atoms with Crippen LogP contribution in [0, 0.1) is 39.0 Å². The normalized spacial score (nSPS) is 10.7. The molecule has 0 spiro atoms. The molecule has 13 rings (SSSR count). The van der Waals surface area contributed by atoms with E-state index in [1.807, 2.05) is 99.9 Å². The zero-order valence-electron chi connectivity index (χ0n) is 63.9. The third-order valence-electron chi connectivity index (χ3n) is 16.7. The van der Waals surface area contributed by atoms with Gasteiger partial charge in [-0.05, 0) is 147 Å². The number of nitrogens with zero attached hydrogens (tertiary/aromatic N) is 9. The number of carbonyl (C=O) groups is 5. The zero-order valence-corrected chi connectivity index (χ0v) is 63.9. The number of amides is 5. The van der Waals surface area contributed by atoms with Crippen molar-refractivity contribution in [2.45, 2.75) is 40.0 Å². The van der Waals surface area contributed by atoms with E-state index >= 15 is 0 Å². The van der Waals surface area contributed by atoms with Gasteiger partial charge in [0.2, 0.25) is 0 Å². The number of rotatable bonds is 22. The summed E-state index contributed by atoms with van der Waals surface area (Å²) in [5, 5.41) is 47.0. The van der Waals surface area contributed by atoms with Gasteiger partial charge < -0.3 is 74.1 Å². The fraction of sp³-hybridized carbons (Fsp3) is 0.133. The molecule has 0 unspecified atom stereocenters. The number of aryl methyl sites for hydroxylation is 4. The van der Waals surface area contributed by atoms with Gasteiger partial charge >= 0.3 is 12.4 Å². The van der Waals surface area contributed by atoms with E-state index in [0.717, 1.165) is 56.7 Å². The second kappa shape index (κ2) is 39.1. The van der Waals surface area contributed by atoms with Gasteiger partial charge in [0, 0.05) is 125 Å². The SMILES string of the molecule is CNC(=O)c1cnc(Nc2ccc(C)cn2)cc1Nc1ccc(C#N)cc1.CNC(=O)c1cnc(Nc2ccc(C)cn2)cc1Nc1ccc(C(F)(F)F)cc1.CNC(=O)c1cnc(Nc2ccc(C)cn2)cc1Nc1cccc2cc[nH]c12.CNC(=O)c1cnc(Nc2ccc(C)cn2)cc1Nc1ccccc1C(=O)NCC(F)(F)F. The molecule has 0 aliphatic heterocycles. The number of hydrogen-bond acceptors (Lipinski definition) is 22. The van der Waals surface area contributed by atoms with E-state index in [2.05, 4.69) is 115 Å². The molecule has 14 N–H and O–H groups in total. The lowest BCUT2D eigenvalue weighted by Crippen LogP contribution is -2.34. The van der Waals surface area contributed by atoms with Gasteiger partial charge in [-0.2, -0.15) is 31.6 Å². The van der Waals surface area contributed by atoms with Crippen LogP contribution in [0.2, 0.25) is 0 Å². The number of aromatic nitrogens is 9. The minimum atomic E-state index is -4.54. The second-order valence-electron chi connectivity index (χ2n) is 25.5. The van der Waals surface area contributed by atoms with Gasteiger partial charge in [-0.3, -0.25) is 24.0 Å². The highest BCUT2D eigenvalue weighted by atomic mass is 19.4. The van der Waals surface area contributed by atoms with Crippen molar-refractivity contribution in [1.29, 1.82) is 5.26 Å².